The molecule has 1 heterocycles. The molecule has 3 unspecified atom stereocenters. The summed E-state index contributed by atoms with van der Waals surface area (Å²) in [4.78, 5) is 0. The fourth-order valence-electron chi connectivity index (χ4n) is 1.76. The Balaban J connectivity index is 2.76. The van der Waals surface area contributed by atoms with E-state index >= 15 is 0 Å². The van der Waals surface area contributed by atoms with Crippen LogP contribution in [-0.2, 0) is 0 Å². The molecule has 0 spiro atoms. The van der Waals surface area contributed by atoms with Gasteiger partial charge in [0.25, 0.3) is 0 Å². The molecule has 2 N–H and O–H groups in total. The van der Waals surface area contributed by atoms with Crippen molar-refractivity contribution in [3.8, 4) is 0 Å². The van der Waals surface area contributed by atoms with Crippen LogP contribution in [0.3, 0.4) is 0 Å². The van der Waals surface area contributed by atoms with E-state index in [4.69, 9.17) is 0 Å². The molecular formula is C13H23NO. The van der Waals surface area contributed by atoms with Crippen molar-refractivity contribution in [1.29, 1.82) is 0 Å². The number of rotatable bonds is 3. The zero-order valence-corrected chi connectivity index (χ0v) is 10.4. The predicted octanol–water partition coefficient (Wildman–Crippen LogP) is 2.46. The van der Waals surface area contributed by atoms with Crippen molar-refractivity contribution in [2.75, 3.05) is 0 Å². The van der Waals surface area contributed by atoms with E-state index in [1.165, 1.54) is 5.57 Å². The Bertz CT molecular complexity index is 280. The van der Waals surface area contributed by atoms with Crippen molar-refractivity contribution in [2.24, 2.45) is 11.8 Å². The van der Waals surface area contributed by atoms with Crippen molar-refractivity contribution < 1.29 is 5.11 Å². The maximum Gasteiger partial charge on any atom is 0.0831 e. The minimum Gasteiger partial charge on any atom is -0.390 e. The summed E-state index contributed by atoms with van der Waals surface area (Å²) in [6, 6.07) is 0. The Morgan fingerprint density at radius 3 is 2.33 bits per heavy atom. The van der Waals surface area contributed by atoms with Crippen molar-refractivity contribution in [2.45, 2.75) is 46.3 Å². The zero-order chi connectivity index (χ0) is 11.6. The Hall–Kier alpha value is -0.760. The molecule has 15 heavy (non-hydrogen) atoms. The third-order valence-electron chi connectivity index (χ3n) is 3.47. The molecule has 1 aliphatic heterocycles. The topological polar surface area (TPSA) is 32.3 Å². The van der Waals surface area contributed by atoms with Crippen LogP contribution in [0.2, 0.25) is 0 Å². The van der Waals surface area contributed by atoms with E-state index in [0.717, 1.165) is 0 Å². The molecule has 0 aromatic rings. The summed E-state index contributed by atoms with van der Waals surface area (Å²) >= 11 is 0. The molecule has 0 saturated heterocycles. The Labute approximate surface area is 93.1 Å². The van der Waals surface area contributed by atoms with E-state index in [1.807, 2.05) is 20.0 Å². The molecule has 1 aliphatic rings. The minimum absolute atomic E-state index is 0.277. The van der Waals surface area contributed by atoms with Gasteiger partial charge in [-0.2, -0.15) is 0 Å². The van der Waals surface area contributed by atoms with Gasteiger partial charge in [-0.3, -0.25) is 0 Å². The van der Waals surface area contributed by atoms with E-state index in [-0.39, 0.29) is 17.6 Å². The second-order valence-electron chi connectivity index (χ2n) is 5.20. The molecule has 0 saturated carbocycles. The normalized spacial score (nSPS) is 29.7. The van der Waals surface area contributed by atoms with Gasteiger partial charge in [-0.05, 0) is 31.3 Å². The van der Waals surface area contributed by atoms with E-state index in [2.05, 4.69) is 38.2 Å². The SMILES string of the molecule is CC1=CNC(C)(C(O)C(C)C(C)C)C=C1. The highest BCUT2D eigenvalue weighted by molar-refractivity contribution is 5.27. The highest BCUT2D eigenvalue weighted by Gasteiger charge is 2.35. The van der Waals surface area contributed by atoms with Crippen molar-refractivity contribution >= 4 is 0 Å². The van der Waals surface area contributed by atoms with Gasteiger partial charge in [0.15, 0.2) is 0 Å². The number of aliphatic hydroxyl groups excluding tert-OH is 1. The fourth-order valence-corrected chi connectivity index (χ4v) is 1.76. The first-order valence-electron chi connectivity index (χ1n) is 5.68. The summed E-state index contributed by atoms with van der Waals surface area (Å²) in [5.41, 5.74) is 0.861. The highest BCUT2D eigenvalue weighted by atomic mass is 16.3. The van der Waals surface area contributed by atoms with E-state index < -0.39 is 0 Å². The van der Waals surface area contributed by atoms with Crippen LogP contribution in [0.1, 0.15) is 34.6 Å². The highest BCUT2D eigenvalue weighted by Crippen LogP contribution is 2.26. The Morgan fingerprint density at radius 2 is 1.93 bits per heavy atom. The van der Waals surface area contributed by atoms with Gasteiger partial charge < -0.3 is 10.4 Å². The third-order valence-corrected chi connectivity index (χ3v) is 3.47. The number of hydrogen-bond acceptors (Lipinski definition) is 2. The lowest BCUT2D eigenvalue weighted by Gasteiger charge is -2.39. The molecule has 0 aromatic carbocycles. The van der Waals surface area contributed by atoms with Crippen LogP contribution < -0.4 is 5.32 Å². The van der Waals surface area contributed by atoms with Crippen LogP contribution >= 0.6 is 0 Å². The van der Waals surface area contributed by atoms with Gasteiger partial charge in [0.2, 0.25) is 0 Å². The second kappa shape index (κ2) is 4.40. The summed E-state index contributed by atoms with van der Waals surface area (Å²) in [7, 11) is 0. The zero-order valence-electron chi connectivity index (χ0n) is 10.4. The number of allylic oxidation sites excluding steroid dienone is 2. The standard InChI is InChI=1S/C13H23NO/c1-9(2)11(4)12(15)13(5)7-6-10(3)8-14-13/h6-9,11-12,14-15H,1-5H3. The average Bonchev–Trinajstić information content (AvgIpc) is 2.20. The van der Waals surface area contributed by atoms with Gasteiger partial charge in [-0.15, -0.1) is 0 Å². The molecule has 2 heteroatoms. The van der Waals surface area contributed by atoms with Gasteiger partial charge in [-0.25, -0.2) is 0 Å². The van der Waals surface area contributed by atoms with Crippen LogP contribution in [0, 0.1) is 11.8 Å². The van der Waals surface area contributed by atoms with Crippen molar-refractivity contribution in [1.82, 2.24) is 5.32 Å². The Kier molecular flexibility index (Phi) is 3.61. The largest absolute Gasteiger partial charge is 0.390 e. The summed E-state index contributed by atoms with van der Waals surface area (Å²) in [6.07, 6.45) is 5.73. The minimum atomic E-state index is -0.363. The lowest BCUT2D eigenvalue weighted by atomic mass is 9.79. The molecule has 0 amide bonds. The van der Waals surface area contributed by atoms with Crippen LogP contribution in [0.25, 0.3) is 0 Å². The van der Waals surface area contributed by atoms with Crippen LogP contribution in [0.15, 0.2) is 23.9 Å². The summed E-state index contributed by atoms with van der Waals surface area (Å²) in [5, 5.41) is 13.6. The monoisotopic (exact) mass is 209 g/mol. The molecular weight excluding hydrogens is 186 g/mol. The molecule has 0 radical (unpaired) electrons. The smallest absolute Gasteiger partial charge is 0.0831 e. The first-order valence-corrected chi connectivity index (χ1v) is 5.68. The van der Waals surface area contributed by atoms with Gasteiger partial charge in [0.1, 0.15) is 0 Å². The summed E-state index contributed by atoms with van der Waals surface area (Å²) in [5.74, 6) is 0.762. The first kappa shape index (κ1) is 12.3. The van der Waals surface area contributed by atoms with Gasteiger partial charge in [-0.1, -0.05) is 32.9 Å². The summed E-state index contributed by atoms with van der Waals surface area (Å²) in [6.45, 7) is 10.5. The second-order valence-corrected chi connectivity index (χ2v) is 5.20. The number of nitrogens with one attached hydrogen (secondary N) is 1. The van der Waals surface area contributed by atoms with Gasteiger partial charge >= 0.3 is 0 Å². The summed E-state index contributed by atoms with van der Waals surface area (Å²) < 4.78 is 0. The maximum absolute atomic E-state index is 10.3. The average molecular weight is 209 g/mol. The number of hydrogen-bond donors (Lipinski definition) is 2. The van der Waals surface area contributed by atoms with Gasteiger partial charge in [0, 0.05) is 6.20 Å². The van der Waals surface area contributed by atoms with Crippen LogP contribution in [-0.4, -0.2) is 16.7 Å². The van der Waals surface area contributed by atoms with Crippen molar-refractivity contribution in [3.05, 3.63) is 23.9 Å². The number of aliphatic hydroxyl groups is 1. The maximum atomic E-state index is 10.3. The molecule has 0 aliphatic carbocycles. The molecule has 86 valence electrons. The predicted molar refractivity (Wildman–Crippen MR) is 64.4 cm³/mol. The molecule has 1 rings (SSSR count). The fraction of sp³-hybridized carbons (Fsp3) is 0.692. The number of dihydropyridines is 1. The molecule has 0 aromatic heterocycles. The molecule has 0 bridgehead atoms. The van der Waals surface area contributed by atoms with Crippen LogP contribution in [0.4, 0.5) is 0 Å². The quantitative estimate of drug-likeness (QED) is 0.748. The Morgan fingerprint density at radius 1 is 1.33 bits per heavy atom. The lowest BCUT2D eigenvalue weighted by Crippen LogP contribution is -2.52. The van der Waals surface area contributed by atoms with Gasteiger partial charge in [0.05, 0.1) is 11.6 Å². The first-order chi connectivity index (χ1) is 6.87. The van der Waals surface area contributed by atoms with E-state index in [0.29, 0.717) is 5.92 Å². The van der Waals surface area contributed by atoms with E-state index in [1.54, 1.807) is 0 Å². The third kappa shape index (κ3) is 2.63. The molecule has 3 atom stereocenters. The van der Waals surface area contributed by atoms with Crippen molar-refractivity contribution in [3.63, 3.8) is 0 Å². The lowest BCUT2D eigenvalue weighted by molar-refractivity contribution is 0.0359. The van der Waals surface area contributed by atoms with Crippen LogP contribution in [0.5, 0.6) is 0 Å². The molecule has 0 fully saturated rings. The van der Waals surface area contributed by atoms with E-state index in [9.17, 15) is 5.11 Å². The molecule has 2 nitrogen and oxygen atoms in total.